The summed E-state index contributed by atoms with van der Waals surface area (Å²) in [7, 11) is 0. The fourth-order valence-electron chi connectivity index (χ4n) is 4.44. The van der Waals surface area contributed by atoms with Crippen LogP contribution in [0.2, 0.25) is 5.02 Å². The maximum absolute atomic E-state index is 12.9. The number of carbonyl (C=O) groups is 1. The highest BCUT2D eigenvalue weighted by molar-refractivity contribution is 6.31. The average Bonchev–Trinajstić information content (AvgIpc) is 3.16. The fourth-order valence-corrected chi connectivity index (χ4v) is 4.56. The van der Waals surface area contributed by atoms with Crippen LogP contribution in [0.25, 0.3) is 0 Å². The molecule has 2 aromatic rings. The van der Waals surface area contributed by atoms with Crippen LogP contribution in [0.3, 0.4) is 0 Å². The Kier molecular flexibility index (Phi) is 6.43. The fraction of sp³-hybridized carbons (Fsp3) is 0.440. The van der Waals surface area contributed by atoms with E-state index in [0.29, 0.717) is 6.54 Å². The van der Waals surface area contributed by atoms with Gasteiger partial charge in [-0.25, -0.2) is 9.80 Å². The second-order valence-corrected chi connectivity index (χ2v) is 9.11. The van der Waals surface area contributed by atoms with Crippen LogP contribution in [0.1, 0.15) is 54.4 Å². The number of nitrogens with one attached hydrogen (secondary N) is 1. The van der Waals surface area contributed by atoms with Gasteiger partial charge in [-0.3, -0.25) is 0 Å². The van der Waals surface area contributed by atoms with E-state index >= 15 is 0 Å². The Hall–Kier alpha value is -2.33. The summed E-state index contributed by atoms with van der Waals surface area (Å²) >= 11 is 6.24. The molecule has 1 aliphatic heterocycles. The van der Waals surface area contributed by atoms with Crippen molar-refractivity contribution in [2.24, 2.45) is 11.0 Å². The molecule has 1 aliphatic carbocycles. The van der Waals surface area contributed by atoms with Crippen molar-refractivity contribution in [1.82, 2.24) is 10.3 Å². The summed E-state index contributed by atoms with van der Waals surface area (Å²) in [4.78, 5) is 12.9. The van der Waals surface area contributed by atoms with Crippen molar-refractivity contribution in [3.63, 3.8) is 0 Å². The van der Waals surface area contributed by atoms with Crippen molar-refractivity contribution < 1.29 is 4.79 Å². The number of hydrogen-bond donors (Lipinski definition) is 1. The van der Waals surface area contributed by atoms with Gasteiger partial charge in [0.15, 0.2) is 0 Å². The number of rotatable bonds is 4. The van der Waals surface area contributed by atoms with Crippen molar-refractivity contribution in [3.8, 4) is 0 Å². The van der Waals surface area contributed by atoms with Crippen LogP contribution < -0.4 is 5.32 Å². The lowest BCUT2D eigenvalue weighted by atomic mass is 9.90. The highest BCUT2D eigenvalue weighted by Crippen LogP contribution is 2.27. The lowest BCUT2D eigenvalue weighted by Crippen LogP contribution is -2.43. The first-order chi connectivity index (χ1) is 14.5. The van der Waals surface area contributed by atoms with Gasteiger partial charge in [-0.2, -0.15) is 5.10 Å². The molecule has 4 nitrogen and oxygen atoms in total. The van der Waals surface area contributed by atoms with E-state index < -0.39 is 0 Å². The van der Waals surface area contributed by atoms with Crippen LogP contribution in [0.5, 0.6) is 0 Å². The quantitative estimate of drug-likeness (QED) is 0.655. The third-order valence-corrected chi connectivity index (χ3v) is 6.66. The predicted octanol–water partition coefficient (Wildman–Crippen LogP) is 5.88. The predicted molar refractivity (Wildman–Crippen MR) is 123 cm³/mol. The Balaban J connectivity index is 1.56. The van der Waals surface area contributed by atoms with Gasteiger partial charge < -0.3 is 5.32 Å². The van der Waals surface area contributed by atoms with Crippen molar-refractivity contribution in [1.29, 1.82) is 0 Å². The molecule has 1 fully saturated rings. The molecule has 5 heteroatoms. The highest BCUT2D eigenvalue weighted by Gasteiger charge is 2.32. The number of amides is 2. The minimum atomic E-state index is -0.0727. The molecule has 0 radical (unpaired) electrons. The second kappa shape index (κ2) is 9.22. The Morgan fingerprint density at radius 1 is 1.10 bits per heavy atom. The van der Waals surface area contributed by atoms with Crippen LogP contribution in [0, 0.1) is 19.8 Å². The molecule has 0 saturated heterocycles. The van der Waals surface area contributed by atoms with E-state index in [-0.39, 0.29) is 18.0 Å². The summed E-state index contributed by atoms with van der Waals surface area (Å²) < 4.78 is 0. The SMILES string of the molecule is Cc1ccc(CC2CN(C(=O)NC3CCCCC3)N=C2c2ccc(Cl)c(C)c2)cc1. The van der Waals surface area contributed by atoms with Crippen LogP contribution >= 0.6 is 11.6 Å². The molecule has 4 rings (SSSR count). The summed E-state index contributed by atoms with van der Waals surface area (Å²) in [6.07, 6.45) is 6.65. The van der Waals surface area contributed by atoms with Gasteiger partial charge in [0.1, 0.15) is 0 Å². The normalized spacial score (nSPS) is 19.6. The van der Waals surface area contributed by atoms with Crippen molar-refractivity contribution in [2.45, 2.75) is 58.4 Å². The first kappa shape index (κ1) is 20.9. The Morgan fingerprint density at radius 2 is 1.83 bits per heavy atom. The van der Waals surface area contributed by atoms with E-state index in [1.165, 1.54) is 30.4 Å². The zero-order chi connectivity index (χ0) is 21.1. The molecule has 2 amide bonds. The Morgan fingerprint density at radius 3 is 2.53 bits per heavy atom. The minimum Gasteiger partial charge on any atom is -0.334 e. The summed E-state index contributed by atoms with van der Waals surface area (Å²) in [6.45, 7) is 4.70. The van der Waals surface area contributed by atoms with Gasteiger partial charge in [0.25, 0.3) is 0 Å². The lowest BCUT2D eigenvalue weighted by molar-refractivity contribution is 0.193. The summed E-state index contributed by atoms with van der Waals surface area (Å²) in [5.41, 5.74) is 5.55. The van der Waals surface area contributed by atoms with E-state index in [9.17, 15) is 4.79 Å². The molecule has 1 heterocycles. The molecular formula is C25H30ClN3O. The maximum Gasteiger partial charge on any atom is 0.338 e. The van der Waals surface area contributed by atoms with Crippen molar-refractivity contribution >= 4 is 23.3 Å². The molecule has 1 N–H and O–H groups in total. The van der Waals surface area contributed by atoms with E-state index in [1.807, 2.05) is 19.1 Å². The van der Waals surface area contributed by atoms with Gasteiger partial charge in [0.2, 0.25) is 0 Å². The average molecular weight is 424 g/mol. The van der Waals surface area contributed by atoms with Crippen LogP contribution in [0.4, 0.5) is 4.79 Å². The molecular weight excluding hydrogens is 394 g/mol. The summed E-state index contributed by atoms with van der Waals surface area (Å²) in [6, 6.07) is 14.8. The maximum atomic E-state index is 12.9. The molecule has 0 bridgehead atoms. The number of nitrogens with zero attached hydrogens (tertiary/aromatic N) is 2. The van der Waals surface area contributed by atoms with Gasteiger partial charge in [-0.05, 0) is 61.9 Å². The highest BCUT2D eigenvalue weighted by atomic mass is 35.5. The van der Waals surface area contributed by atoms with E-state index in [0.717, 1.165) is 41.1 Å². The molecule has 2 aromatic carbocycles. The molecule has 1 atom stereocenters. The topological polar surface area (TPSA) is 44.7 Å². The summed E-state index contributed by atoms with van der Waals surface area (Å²) in [5, 5.41) is 10.4. The number of urea groups is 1. The number of hydrogen-bond acceptors (Lipinski definition) is 2. The molecule has 0 aromatic heterocycles. The number of carbonyl (C=O) groups excluding carboxylic acids is 1. The van der Waals surface area contributed by atoms with Gasteiger partial charge in [0.05, 0.1) is 12.3 Å². The van der Waals surface area contributed by atoms with Gasteiger partial charge >= 0.3 is 6.03 Å². The minimum absolute atomic E-state index is 0.0727. The third kappa shape index (κ3) is 4.86. The number of benzene rings is 2. The summed E-state index contributed by atoms with van der Waals surface area (Å²) in [5.74, 6) is 0.158. The zero-order valence-electron chi connectivity index (χ0n) is 17.8. The molecule has 1 saturated carbocycles. The van der Waals surface area contributed by atoms with Gasteiger partial charge in [-0.15, -0.1) is 0 Å². The first-order valence-corrected chi connectivity index (χ1v) is 11.4. The number of halogens is 1. The molecule has 2 aliphatic rings. The standard InChI is InChI=1S/C25H30ClN3O/c1-17-8-10-19(11-9-17)15-21-16-29(25(30)27-22-6-4-3-5-7-22)28-24(21)20-12-13-23(26)18(2)14-20/h8-14,21-22H,3-7,15-16H2,1-2H3,(H,27,30). The van der Waals surface area contributed by atoms with Crippen LogP contribution in [-0.4, -0.2) is 29.3 Å². The first-order valence-electron chi connectivity index (χ1n) is 11.0. The van der Waals surface area contributed by atoms with E-state index in [4.69, 9.17) is 16.7 Å². The largest absolute Gasteiger partial charge is 0.338 e. The molecule has 158 valence electrons. The second-order valence-electron chi connectivity index (χ2n) is 8.70. The van der Waals surface area contributed by atoms with Gasteiger partial charge in [0, 0.05) is 17.0 Å². The monoisotopic (exact) mass is 423 g/mol. The van der Waals surface area contributed by atoms with Crippen LogP contribution in [-0.2, 0) is 6.42 Å². The number of aryl methyl sites for hydroxylation is 2. The smallest absolute Gasteiger partial charge is 0.334 e. The van der Waals surface area contributed by atoms with Gasteiger partial charge in [-0.1, -0.05) is 66.8 Å². The van der Waals surface area contributed by atoms with E-state index in [2.05, 4.69) is 42.6 Å². The van der Waals surface area contributed by atoms with Crippen LogP contribution in [0.15, 0.2) is 47.6 Å². The third-order valence-electron chi connectivity index (χ3n) is 6.23. The molecule has 0 spiro atoms. The van der Waals surface area contributed by atoms with E-state index in [1.54, 1.807) is 5.01 Å². The Labute approximate surface area is 184 Å². The Bertz CT molecular complexity index is 932. The van der Waals surface area contributed by atoms with Crippen molar-refractivity contribution in [2.75, 3.05) is 6.54 Å². The molecule has 1 unspecified atom stereocenters. The zero-order valence-corrected chi connectivity index (χ0v) is 18.6. The molecule has 30 heavy (non-hydrogen) atoms. The van der Waals surface area contributed by atoms with Crippen molar-refractivity contribution in [3.05, 3.63) is 69.7 Å². The lowest BCUT2D eigenvalue weighted by Gasteiger charge is -2.24. The number of hydrazone groups is 1.